The van der Waals surface area contributed by atoms with Crippen molar-refractivity contribution in [2.45, 2.75) is 25.3 Å². The second-order valence-electron chi connectivity index (χ2n) is 8.81. The van der Waals surface area contributed by atoms with Crippen LogP contribution in [0.4, 0.5) is 0 Å². The smallest absolute Gasteiger partial charge is 0.257 e. The first kappa shape index (κ1) is 22.6. The Bertz CT molecular complexity index is 1170. The van der Waals surface area contributed by atoms with Gasteiger partial charge in [-0.15, -0.1) is 0 Å². The van der Waals surface area contributed by atoms with Crippen LogP contribution >= 0.6 is 11.6 Å². The van der Waals surface area contributed by atoms with Gasteiger partial charge in [0.15, 0.2) is 5.78 Å². The van der Waals surface area contributed by atoms with Crippen molar-refractivity contribution in [1.29, 1.82) is 0 Å². The molecule has 3 heterocycles. The summed E-state index contributed by atoms with van der Waals surface area (Å²) in [5.74, 6) is 0.846. The maximum atomic E-state index is 13.3. The molecule has 0 bridgehead atoms. The van der Waals surface area contributed by atoms with Gasteiger partial charge in [0.2, 0.25) is 0 Å². The van der Waals surface area contributed by atoms with E-state index >= 15 is 0 Å². The Labute approximate surface area is 203 Å². The predicted octanol–water partition coefficient (Wildman–Crippen LogP) is 5.21. The Hall–Kier alpha value is -3.22. The van der Waals surface area contributed by atoms with E-state index in [9.17, 15) is 9.59 Å². The number of Topliss-reactive ketones (excluding diaryl/α,β-unsaturated/α-hetero) is 1. The van der Waals surface area contributed by atoms with Crippen molar-refractivity contribution in [3.05, 3.63) is 94.9 Å². The molecular formula is C27H26ClN3O3. The van der Waals surface area contributed by atoms with Crippen LogP contribution in [0.2, 0.25) is 5.02 Å². The number of rotatable bonds is 6. The summed E-state index contributed by atoms with van der Waals surface area (Å²) < 4.78 is 5.63. The van der Waals surface area contributed by atoms with Crippen LogP contribution in [-0.4, -0.2) is 46.9 Å². The fourth-order valence-corrected chi connectivity index (χ4v) is 4.84. The quantitative estimate of drug-likeness (QED) is 0.459. The molecular weight excluding hydrogens is 450 g/mol. The van der Waals surface area contributed by atoms with Crippen LogP contribution in [0, 0.1) is 5.92 Å². The molecule has 5 rings (SSSR count). The summed E-state index contributed by atoms with van der Waals surface area (Å²) in [6.45, 7) is 1.69. The van der Waals surface area contributed by atoms with Gasteiger partial charge in [-0.2, -0.15) is 5.10 Å². The summed E-state index contributed by atoms with van der Waals surface area (Å²) >= 11 is 6.03. The molecule has 3 aromatic rings. The molecule has 0 spiro atoms. The number of piperidine rings is 1. The number of ketones is 1. The van der Waals surface area contributed by atoms with Crippen LogP contribution in [0.1, 0.15) is 47.0 Å². The molecule has 2 aliphatic rings. The highest BCUT2D eigenvalue weighted by atomic mass is 35.5. The maximum absolute atomic E-state index is 13.3. The number of benzene rings is 2. The maximum Gasteiger partial charge on any atom is 0.257 e. The van der Waals surface area contributed by atoms with Gasteiger partial charge < -0.3 is 4.42 Å². The number of amides is 1. The van der Waals surface area contributed by atoms with Crippen LogP contribution in [-0.2, 0) is 4.79 Å². The van der Waals surface area contributed by atoms with Gasteiger partial charge in [-0.1, -0.05) is 54.1 Å². The Morgan fingerprint density at radius 3 is 2.38 bits per heavy atom. The van der Waals surface area contributed by atoms with Crippen LogP contribution in [0.25, 0.3) is 0 Å². The van der Waals surface area contributed by atoms with Gasteiger partial charge in [0.05, 0.1) is 18.5 Å². The minimum Gasteiger partial charge on any atom is -0.467 e. The van der Waals surface area contributed by atoms with E-state index in [1.165, 1.54) is 0 Å². The average molecular weight is 476 g/mol. The van der Waals surface area contributed by atoms with Crippen molar-refractivity contribution in [3.63, 3.8) is 0 Å². The fourth-order valence-electron chi connectivity index (χ4n) is 4.71. The van der Waals surface area contributed by atoms with Crippen LogP contribution in [0.15, 0.2) is 82.5 Å². The van der Waals surface area contributed by atoms with Gasteiger partial charge in [0.25, 0.3) is 5.91 Å². The highest BCUT2D eigenvalue weighted by molar-refractivity contribution is 6.30. The number of halogens is 1. The van der Waals surface area contributed by atoms with Crippen molar-refractivity contribution in [1.82, 2.24) is 9.91 Å². The lowest BCUT2D eigenvalue weighted by Gasteiger charge is -2.32. The molecule has 1 unspecified atom stereocenters. The van der Waals surface area contributed by atoms with Gasteiger partial charge in [-0.25, -0.2) is 5.01 Å². The molecule has 0 aliphatic carbocycles. The summed E-state index contributed by atoms with van der Waals surface area (Å²) in [5.41, 5.74) is 2.54. The number of carbonyl (C=O) groups is 2. The van der Waals surface area contributed by atoms with E-state index < -0.39 is 0 Å². The van der Waals surface area contributed by atoms with E-state index in [0.717, 1.165) is 29.7 Å². The van der Waals surface area contributed by atoms with Crippen LogP contribution < -0.4 is 0 Å². The molecule has 0 saturated carbocycles. The second kappa shape index (κ2) is 9.95. The lowest BCUT2D eigenvalue weighted by Crippen LogP contribution is -2.43. The summed E-state index contributed by atoms with van der Waals surface area (Å²) in [6, 6.07) is 20.4. The fraction of sp³-hybridized carbons (Fsp3) is 0.296. The molecule has 1 atom stereocenters. The second-order valence-corrected chi connectivity index (χ2v) is 9.24. The number of likely N-dealkylation sites (tertiary alicyclic amines) is 1. The third-order valence-corrected chi connectivity index (χ3v) is 6.84. The monoisotopic (exact) mass is 475 g/mol. The molecule has 0 N–H and O–H groups in total. The van der Waals surface area contributed by atoms with E-state index in [0.29, 0.717) is 30.3 Å². The molecule has 2 aromatic carbocycles. The Kier molecular flexibility index (Phi) is 6.61. The first-order valence-electron chi connectivity index (χ1n) is 11.6. The number of nitrogens with zero attached hydrogens (tertiary/aromatic N) is 3. The Morgan fingerprint density at radius 1 is 0.971 bits per heavy atom. The minimum atomic E-state index is -0.273. The van der Waals surface area contributed by atoms with Gasteiger partial charge in [0.1, 0.15) is 11.8 Å². The van der Waals surface area contributed by atoms with Crippen molar-refractivity contribution in [3.8, 4) is 0 Å². The number of carbonyl (C=O) groups excluding carboxylic acids is 2. The molecule has 1 aromatic heterocycles. The molecule has 34 heavy (non-hydrogen) atoms. The summed E-state index contributed by atoms with van der Waals surface area (Å²) in [5, 5.41) is 6.91. The molecule has 174 valence electrons. The number of furan rings is 1. The first-order chi connectivity index (χ1) is 16.6. The van der Waals surface area contributed by atoms with Crippen molar-refractivity contribution < 1.29 is 14.0 Å². The van der Waals surface area contributed by atoms with Crippen molar-refractivity contribution in [2.75, 3.05) is 19.6 Å². The molecule has 7 heteroatoms. The zero-order valence-electron chi connectivity index (χ0n) is 18.8. The molecule has 1 saturated heterocycles. The van der Waals surface area contributed by atoms with Crippen molar-refractivity contribution in [2.24, 2.45) is 11.0 Å². The van der Waals surface area contributed by atoms with E-state index in [-0.39, 0.29) is 30.2 Å². The average Bonchev–Trinajstić information content (AvgIpc) is 3.55. The molecule has 2 aliphatic heterocycles. The van der Waals surface area contributed by atoms with Crippen molar-refractivity contribution >= 4 is 29.0 Å². The Balaban J connectivity index is 1.25. The molecule has 1 amide bonds. The molecule has 1 fully saturated rings. The van der Waals surface area contributed by atoms with E-state index in [1.54, 1.807) is 11.3 Å². The topological polar surface area (TPSA) is 66.1 Å². The summed E-state index contributed by atoms with van der Waals surface area (Å²) in [4.78, 5) is 28.2. The van der Waals surface area contributed by atoms with E-state index in [2.05, 4.69) is 4.90 Å². The van der Waals surface area contributed by atoms with Crippen LogP contribution in [0.5, 0.6) is 0 Å². The summed E-state index contributed by atoms with van der Waals surface area (Å²) in [6.07, 6.45) is 3.70. The highest BCUT2D eigenvalue weighted by Crippen LogP contribution is 2.33. The largest absolute Gasteiger partial charge is 0.467 e. The normalized spacial score (nSPS) is 19.3. The lowest BCUT2D eigenvalue weighted by atomic mass is 9.89. The Morgan fingerprint density at radius 2 is 1.71 bits per heavy atom. The predicted molar refractivity (Wildman–Crippen MR) is 131 cm³/mol. The number of hydrazone groups is 1. The van der Waals surface area contributed by atoms with Gasteiger partial charge in [-0.3, -0.25) is 14.5 Å². The standard InChI is InChI=1S/C27H26ClN3O3/c28-22-10-8-19(9-11-22)23-17-24(25-7-4-16-34-25)31(29-23)26(32)18-30-14-12-21(13-15-30)27(33)20-5-2-1-3-6-20/h1-11,16,21,24H,12-15,17-18H2. The van der Waals surface area contributed by atoms with E-state index in [4.69, 9.17) is 21.1 Å². The molecule has 0 radical (unpaired) electrons. The molecule has 6 nitrogen and oxygen atoms in total. The minimum absolute atomic E-state index is 0.00549. The number of hydrogen-bond acceptors (Lipinski definition) is 5. The third-order valence-electron chi connectivity index (χ3n) is 6.59. The number of hydrogen-bond donors (Lipinski definition) is 0. The zero-order chi connectivity index (χ0) is 23.5. The van der Waals surface area contributed by atoms with Gasteiger partial charge >= 0.3 is 0 Å². The highest BCUT2D eigenvalue weighted by Gasteiger charge is 2.36. The lowest BCUT2D eigenvalue weighted by molar-refractivity contribution is -0.134. The van der Waals surface area contributed by atoms with Gasteiger partial charge in [0, 0.05) is 22.9 Å². The zero-order valence-corrected chi connectivity index (χ0v) is 19.5. The van der Waals surface area contributed by atoms with E-state index in [1.807, 2.05) is 66.7 Å². The SMILES string of the molecule is O=C(c1ccccc1)C1CCN(CC(=O)N2N=C(c3ccc(Cl)cc3)CC2c2ccco2)CC1. The summed E-state index contributed by atoms with van der Waals surface area (Å²) in [7, 11) is 0. The van der Waals surface area contributed by atoms with Crippen LogP contribution in [0.3, 0.4) is 0 Å². The third kappa shape index (κ3) is 4.83. The first-order valence-corrected chi connectivity index (χ1v) is 12.0. The van der Waals surface area contributed by atoms with Gasteiger partial charge in [-0.05, 0) is 55.8 Å².